The van der Waals surface area contributed by atoms with Gasteiger partial charge in [0, 0.05) is 27.7 Å². The summed E-state index contributed by atoms with van der Waals surface area (Å²) in [6.45, 7) is 4.05. The van der Waals surface area contributed by atoms with Crippen molar-refractivity contribution in [3.05, 3.63) is 98.6 Å². The number of carbonyl (C=O) groups is 1. The van der Waals surface area contributed by atoms with Crippen molar-refractivity contribution in [2.24, 2.45) is 5.10 Å². The third-order valence-electron chi connectivity index (χ3n) is 4.79. The summed E-state index contributed by atoms with van der Waals surface area (Å²) in [7, 11) is 0. The summed E-state index contributed by atoms with van der Waals surface area (Å²) < 4.78 is 7.53. The Morgan fingerprint density at radius 2 is 1.77 bits per heavy atom. The lowest BCUT2D eigenvalue weighted by Crippen LogP contribution is -2.18. The molecule has 6 nitrogen and oxygen atoms in total. The molecule has 0 unspecified atom stereocenters. The van der Waals surface area contributed by atoms with Crippen molar-refractivity contribution in [1.29, 1.82) is 0 Å². The van der Waals surface area contributed by atoms with E-state index < -0.39 is 0 Å². The van der Waals surface area contributed by atoms with E-state index >= 15 is 0 Å². The quantitative estimate of drug-likeness (QED) is 0.387. The zero-order chi connectivity index (χ0) is 21.3. The van der Waals surface area contributed by atoms with Crippen LogP contribution < -0.4 is 10.9 Å². The summed E-state index contributed by atoms with van der Waals surface area (Å²) in [5.41, 5.74) is 6.45. The highest BCUT2D eigenvalue weighted by atomic mass is 35.5. The van der Waals surface area contributed by atoms with Crippen LogP contribution in [0.1, 0.15) is 27.3 Å². The lowest BCUT2D eigenvalue weighted by Gasteiger charge is -2.10. The number of amides is 1. The number of nitrogens with one attached hydrogen (secondary N) is 1. The fourth-order valence-electron chi connectivity index (χ4n) is 3.27. The van der Waals surface area contributed by atoms with E-state index in [0.717, 1.165) is 17.1 Å². The van der Waals surface area contributed by atoms with Crippen LogP contribution in [0.2, 0.25) is 5.02 Å². The molecule has 2 aromatic heterocycles. The first-order valence-corrected chi connectivity index (χ1v) is 9.62. The average molecular weight is 420 g/mol. The Balaban J connectivity index is 1.50. The number of fused-ring (bicyclic) bond motifs is 1. The lowest BCUT2D eigenvalue weighted by molar-refractivity contribution is 0.0955. The van der Waals surface area contributed by atoms with Gasteiger partial charge in [0.15, 0.2) is 0 Å². The molecule has 0 fully saturated rings. The van der Waals surface area contributed by atoms with Crippen LogP contribution in [0.3, 0.4) is 0 Å². The average Bonchev–Trinajstić information content (AvgIpc) is 3.08. The van der Waals surface area contributed by atoms with Gasteiger partial charge in [-0.25, -0.2) is 5.43 Å². The van der Waals surface area contributed by atoms with Crippen LogP contribution in [0.25, 0.3) is 16.7 Å². The molecule has 0 aliphatic carbocycles. The van der Waals surface area contributed by atoms with Gasteiger partial charge in [-0.3, -0.25) is 9.59 Å². The molecule has 0 saturated carbocycles. The standard InChI is InChI=1S/C23H18ClN3O3/c1-14-3-4-15(2)27(14)19-8-5-16(6-9-19)23(29)26-25-12-17-13-30-21-10-7-18(24)11-20(21)22(17)28/h3-13H,1-2H3,(H,26,29)/b25-12+. The van der Waals surface area contributed by atoms with Gasteiger partial charge in [0.25, 0.3) is 5.91 Å². The second-order valence-electron chi connectivity index (χ2n) is 6.86. The number of hydrogen-bond donors (Lipinski definition) is 1. The summed E-state index contributed by atoms with van der Waals surface area (Å²) in [6.07, 6.45) is 2.55. The van der Waals surface area contributed by atoms with Gasteiger partial charge in [-0.15, -0.1) is 0 Å². The van der Waals surface area contributed by atoms with Crippen molar-refractivity contribution in [3.8, 4) is 5.69 Å². The van der Waals surface area contributed by atoms with E-state index in [1.165, 1.54) is 18.5 Å². The summed E-state index contributed by atoms with van der Waals surface area (Å²) in [6, 6.07) is 16.1. The second kappa shape index (κ2) is 8.00. The van der Waals surface area contributed by atoms with Crippen molar-refractivity contribution >= 4 is 34.7 Å². The maximum absolute atomic E-state index is 12.5. The van der Waals surface area contributed by atoms with E-state index in [-0.39, 0.29) is 16.9 Å². The molecule has 0 aliphatic heterocycles. The number of nitrogens with zero attached hydrogens (tertiary/aromatic N) is 2. The van der Waals surface area contributed by atoms with Crippen LogP contribution in [-0.2, 0) is 0 Å². The summed E-state index contributed by atoms with van der Waals surface area (Å²) >= 11 is 5.94. The van der Waals surface area contributed by atoms with Gasteiger partial charge >= 0.3 is 0 Å². The van der Waals surface area contributed by atoms with Crippen molar-refractivity contribution in [2.45, 2.75) is 13.8 Å². The van der Waals surface area contributed by atoms with Crippen LogP contribution in [0.4, 0.5) is 0 Å². The number of rotatable bonds is 4. The summed E-state index contributed by atoms with van der Waals surface area (Å²) in [5.74, 6) is -0.382. The summed E-state index contributed by atoms with van der Waals surface area (Å²) in [4.78, 5) is 24.9. The number of halogens is 1. The van der Waals surface area contributed by atoms with Gasteiger partial charge in [0.05, 0.1) is 17.2 Å². The van der Waals surface area contributed by atoms with Crippen molar-refractivity contribution in [2.75, 3.05) is 0 Å². The van der Waals surface area contributed by atoms with E-state index in [1.807, 2.05) is 38.1 Å². The Labute approximate surface area is 177 Å². The third-order valence-corrected chi connectivity index (χ3v) is 5.02. The predicted octanol–water partition coefficient (Wildman–Crippen LogP) is 4.62. The van der Waals surface area contributed by atoms with Crippen LogP contribution in [0.15, 0.2) is 75.2 Å². The Kier molecular flexibility index (Phi) is 5.25. The monoisotopic (exact) mass is 419 g/mol. The Morgan fingerprint density at radius 1 is 1.07 bits per heavy atom. The van der Waals surface area contributed by atoms with E-state index in [4.69, 9.17) is 16.0 Å². The normalized spacial score (nSPS) is 11.3. The number of aromatic nitrogens is 1. The van der Waals surface area contributed by atoms with Gasteiger partial charge in [0.1, 0.15) is 11.8 Å². The minimum atomic E-state index is -0.382. The lowest BCUT2D eigenvalue weighted by atomic mass is 10.2. The van der Waals surface area contributed by atoms with Gasteiger partial charge in [0.2, 0.25) is 5.43 Å². The SMILES string of the molecule is Cc1ccc(C)n1-c1ccc(C(=O)N/N=C/c2coc3ccc(Cl)cc3c2=O)cc1. The first kappa shape index (κ1) is 19.7. The van der Waals surface area contributed by atoms with Crippen LogP contribution >= 0.6 is 11.6 Å². The second-order valence-corrected chi connectivity index (χ2v) is 7.29. The smallest absolute Gasteiger partial charge is 0.271 e. The first-order valence-electron chi connectivity index (χ1n) is 9.24. The first-order chi connectivity index (χ1) is 14.4. The number of hydrazone groups is 1. The molecule has 4 aromatic rings. The molecule has 0 saturated heterocycles. The molecule has 1 amide bonds. The number of aryl methyl sites for hydroxylation is 2. The summed E-state index contributed by atoms with van der Waals surface area (Å²) in [5, 5.41) is 4.67. The molecular formula is C23H18ClN3O3. The van der Waals surface area contributed by atoms with Gasteiger partial charge in [-0.05, 0) is 68.4 Å². The van der Waals surface area contributed by atoms with Crippen molar-refractivity contribution < 1.29 is 9.21 Å². The van der Waals surface area contributed by atoms with Crippen LogP contribution in [-0.4, -0.2) is 16.7 Å². The largest absolute Gasteiger partial charge is 0.463 e. The van der Waals surface area contributed by atoms with E-state index in [0.29, 0.717) is 21.6 Å². The molecule has 30 heavy (non-hydrogen) atoms. The highest BCUT2D eigenvalue weighted by molar-refractivity contribution is 6.31. The Hall–Kier alpha value is -3.64. The maximum Gasteiger partial charge on any atom is 0.271 e. The molecule has 0 spiro atoms. The van der Waals surface area contributed by atoms with Crippen molar-refractivity contribution in [1.82, 2.24) is 9.99 Å². The Bertz CT molecular complexity index is 1310. The third kappa shape index (κ3) is 3.77. The molecule has 0 aliphatic rings. The van der Waals surface area contributed by atoms with Crippen LogP contribution in [0, 0.1) is 13.8 Å². The molecule has 0 atom stereocenters. The molecule has 0 bridgehead atoms. The maximum atomic E-state index is 12.5. The minimum Gasteiger partial charge on any atom is -0.463 e. The predicted molar refractivity (Wildman–Crippen MR) is 118 cm³/mol. The molecular weight excluding hydrogens is 402 g/mol. The molecule has 4 rings (SSSR count). The zero-order valence-electron chi connectivity index (χ0n) is 16.3. The van der Waals surface area contributed by atoms with Crippen LogP contribution in [0.5, 0.6) is 0 Å². The molecule has 150 valence electrons. The van der Waals surface area contributed by atoms with E-state index in [1.54, 1.807) is 24.3 Å². The highest BCUT2D eigenvalue weighted by Gasteiger charge is 2.09. The van der Waals surface area contributed by atoms with Crippen molar-refractivity contribution in [3.63, 3.8) is 0 Å². The molecule has 2 aromatic carbocycles. The van der Waals surface area contributed by atoms with Gasteiger partial charge < -0.3 is 8.98 Å². The molecule has 1 N–H and O–H groups in total. The topological polar surface area (TPSA) is 76.6 Å². The molecule has 0 radical (unpaired) electrons. The van der Waals surface area contributed by atoms with Gasteiger partial charge in [-0.1, -0.05) is 11.6 Å². The van der Waals surface area contributed by atoms with E-state index in [2.05, 4.69) is 15.1 Å². The van der Waals surface area contributed by atoms with E-state index in [9.17, 15) is 9.59 Å². The Morgan fingerprint density at radius 3 is 2.47 bits per heavy atom. The zero-order valence-corrected chi connectivity index (χ0v) is 17.1. The molecule has 2 heterocycles. The fourth-order valence-corrected chi connectivity index (χ4v) is 3.44. The highest BCUT2D eigenvalue weighted by Crippen LogP contribution is 2.18. The van der Waals surface area contributed by atoms with Gasteiger partial charge in [-0.2, -0.15) is 5.10 Å². The minimum absolute atomic E-state index is 0.207. The fraction of sp³-hybridized carbons (Fsp3) is 0.0870. The number of benzene rings is 2. The molecule has 7 heteroatoms. The number of carbonyl (C=O) groups excluding carboxylic acids is 1. The number of hydrogen-bond acceptors (Lipinski definition) is 4.